The summed E-state index contributed by atoms with van der Waals surface area (Å²) in [5.74, 6) is 0. The molecule has 252 valence electrons. The fraction of sp³-hybridized carbons (Fsp3) is 0. The van der Waals surface area contributed by atoms with Gasteiger partial charge in [-0.1, -0.05) is 72.8 Å². The van der Waals surface area contributed by atoms with E-state index < -0.39 is 0 Å². The lowest BCUT2D eigenvalue weighted by atomic mass is 10.0. The first-order valence-electron chi connectivity index (χ1n) is 16.8. The van der Waals surface area contributed by atoms with Gasteiger partial charge in [-0.05, 0) is 95.1 Å². The summed E-state index contributed by atoms with van der Waals surface area (Å²) in [7, 11) is 0. The van der Waals surface area contributed by atoms with Crippen LogP contribution in [-0.4, -0.2) is 19.9 Å². The molecule has 5 heterocycles. The Balaban J connectivity index is 1.47. The van der Waals surface area contributed by atoms with E-state index in [1.165, 1.54) is 0 Å². The molecule has 4 nitrogen and oxygen atoms in total. The van der Waals surface area contributed by atoms with Gasteiger partial charge >= 0.3 is 0 Å². The molecule has 4 aromatic heterocycles. The highest BCUT2D eigenvalue weighted by Crippen LogP contribution is 2.32. The Hall–Kier alpha value is -5.12. The Morgan fingerprint density at radius 3 is 0.712 bits per heavy atom. The predicted molar refractivity (Wildman–Crippen MR) is 223 cm³/mol. The molecule has 0 saturated carbocycles. The molecule has 0 fully saturated rings. The molecular formula is C44H32N4S4. The van der Waals surface area contributed by atoms with Gasteiger partial charge in [-0.2, -0.15) is 0 Å². The second kappa shape index (κ2) is 13.5. The topological polar surface area (TPSA) is 63.2 Å². The van der Waals surface area contributed by atoms with Gasteiger partial charge in [-0.15, -0.1) is 50.5 Å². The summed E-state index contributed by atoms with van der Waals surface area (Å²) < 4.78 is 0. The largest absolute Gasteiger partial charge is 0.354 e. The lowest BCUT2D eigenvalue weighted by molar-refractivity contribution is 1.17. The molecule has 0 saturated heterocycles. The van der Waals surface area contributed by atoms with E-state index in [0.717, 1.165) is 108 Å². The van der Waals surface area contributed by atoms with Crippen LogP contribution in [0, 0.1) is 0 Å². The molecule has 0 spiro atoms. The van der Waals surface area contributed by atoms with Gasteiger partial charge in [0.25, 0.3) is 0 Å². The molecule has 1 aliphatic rings. The average Bonchev–Trinajstić information content (AvgIpc) is 3.99. The monoisotopic (exact) mass is 744 g/mol. The van der Waals surface area contributed by atoms with Crippen LogP contribution >= 0.6 is 50.5 Å². The summed E-state index contributed by atoms with van der Waals surface area (Å²) >= 11 is 19.7. The molecule has 0 aliphatic carbocycles. The van der Waals surface area contributed by atoms with E-state index in [1.54, 1.807) is 0 Å². The van der Waals surface area contributed by atoms with Crippen molar-refractivity contribution in [3.8, 4) is 0 Å². The van der Waals surface area contributed by atoms with Crippen LogP contribution in [0.4, 0.5) is 0 Å². The molecule has 0 amide bonds. The number of benzene rings is 4. The number of thiol groups is 4. The molecule has 52 heavy (non-hydrogen) atoms. The zero-order chi connectivity index (χ0) is 35.3. The number of hydrogen-bond donors (Lipinski definition) is 8. The molecular weight excluding hydrogens is 713 g/mol. The fourth-order valence-electron chi connectivity index (χ4n) is 7.23. The highest BCUT2D eigenvalue weighted by Gasteiger charge is 2.20. The van der Waals surface area contributed by atoms with E-state index in [9.17, 15) is 0 Å². The number of hydrogen-bond acceptors (Lipinski definition) is 4. The van der Waals surface area contributed by atoms with Crippen molar-refractivity contribution in [1.82, 2.24) is 19.9 Å². The Labute approximate surface area is 322 Å². The van der Waals surface area contributed by atoms with E-state index in [2.05, 4.69) is 117 Å². The lowest BCUT2D eigenvalue weighted by Crippen LogP contribution is -2.19. The normalized spacial score (nSPS) is 12.8. The van der Waals surface area contributed by atoms with Gasteiger partial charge in [0.2, 0.25) is 0 Å². The maximum Gasteiger partial charge on any atom is 0.0486 e. The zero-order valence-electron chi connectivity index (χ0n) is 27.6. The number of nitrogens with one attached hydrogen (secondary N) is 4. The van der Waals surface area contributed by atoms with Crippen molar-refractivity contribution in [1.29, 1.82) is 0 Å². The SMILES string of the molecule is Sc1ccccc1C1=c2ccc([nH]2)=C(c2ccccc2S)c2ccc([nH]2)C(c2ccccc2S)=c2ccc([nH]2)=C(c2ccccc2S)c2ccc1[nH]2. The second-order valence-electron chi connectivity index (χ2n) is 12.7. The van der Waals surface area contributed by atoms with Crippen LogP contribution in [0.15, 0.2) is 165 Å². The van der Waals surface area contributed by atoms with E-state index in [1.807, 2.05) is 48.5 Å². The average molecular weight is 745 g/mol. The molecule has 8 bridgehead atoms. The second-order valence-corrected chi connectivity index (χ2v) is 14.6. The smallest absolute Gasteiger partial charge is 0.0486 e. The number of H-pyrrole nitrogens is 4. The van der Waals surface area contributed by atoms with Gasteiger partial charge in [0.15, 0.2) is 0 Å². The third-order valence-electron chi connectivity index (χ3n) is 9.59. The van der Waals surface area contributed by atoms with Gasteiger partial charge in [-0.25, -0.2) is 0 Å². The van der Waals surface area contributed by atoms with Crippen LogP contribution in [-0.2, 0) is 0 Å². The van der Waals surface area contributed by atoms with Gasteiger partial charge < -0.3 is 19.9 Å². The molecule has 8 heteroatoms. The molecule has 4 N–H and O–H groups in total. The van der Waals surface area contributed by atoms with Crippen molar-refractivity contribution in [2.75, 3.05) is 0 Å². The Morgan fingerprint density at radius 1 is 0.250 bits per heavy atom. The maximum absolute atomic E-state index is 4.94. The van der Waals surface area contributed by atoms with Gasteiger partial charge in [0, 0.05) is 86.0 Å². The molecule has 0 atom stereocenters. The minimum Gasteiger partial charge on any atom is -0.354 e. The highest BCUT2D eigenvalue weighted by atomic mass is 32.1. The molecule has 4 aromatic carbocycles. The maximum atomic E-state index is 4.94. The first-order chi connectivity index (χ1) is 25.4. The summed E-state index contributed by atoms with van der Waals surface area (Å²) in [5.41, 5.74) is 11.9. The Kier molecular flexibility index (Phi) is 8.48. The van der Waals surface area contributed by atoms with Gasteiger partial charge in [0.05, 0.1) is 0 Å². The van der Waals surface area contributed by atoms with Crippen LogP contribution in [0.25, 0.3) is 22.3 Å². The van der Waals surface area contributed by atoms with E-state index in [-0.39, 0.29) is 0 Å². The molecule has 1 aliphatic heterocycles. The predicted octanol–water partition coefficient (Wildman–Crippen LogP) is 7.46. The van der Waals surface area contributed by atoms with Crippen molar-refractivity contribution in [3.05, 3.63) is 212 Å². The van der Waals surface area contributed by atoms with E-state index in [0.29, 0.717) is 0 Å². The molecule has 0 unspecified atom stereocenters. The summed E-state index contributed by atoms with van der Waals surface area (Å²) in [6.45, 7) is 0. The van der Waals surface area contributed by atoms with Crippen molar-refractivity contribution in [2.24, 2.45) is 0 Å². The summed E-state index contributed by atoms with van der Waals surface area (Å²) in [5, 5.41) is 3.81. The fourth-order valence-corrected chi connectivity index (χ4v) is 8.32. The third-order valence-corrected chi connectivity index (χ3v) is 11.2. The van der Waals surface area contributed by atoms with Crippen molar-refractivity contribution >= 4 is 72.8 Å². The van der Waals surface area contributed by atoms with Gasteiger partial charge in [0.1, 0.15) is 0 Å². The summed E-state index contributed by atoms with van der Waals surface area (Å²) in [4.78, 5) is 18.8. The van der Waals surface area contributed by atoms with E-state index in [4.69, 9.17) is 50.5 Å². The molecule has 0 radical (unpaired) electrons. The molecule has 9 rings (SSSR count). The van der Waals surface area contributed by atoms with Crippen LogP contribution in [0.1, 0.15) is 45.0 Å². The first-order valence-corrected chi connectivity index (χ1v) is 18.6. The van der Waals surface area contributed by atoms with Crippen LogP contribution in [0.3, 0.4) is 0 Å². The quantitative estimate of drug-likeness (QED) is 0.0865. The Bertz CT molecular complexity index is 2530. The van der Waals surface area contributed by atoms with Crippen molar-refractivity contribution in [3.63, 3.8) is 0 Å². The third kappa shape index (κ3) is 5.72. The number of aromatic nitrogens is 4. The highest BCUT2D eigenvalue weighted by molar-refractivity contribution is 7.81. The van der Waals surface area contributed by atoms with Crippen LogP contribution < -0.4 is 21.4 Å². The summed E-state index contributed by atoms with van der Waals surface area (Å²) in [6.07, 6.45) is 0. The summed E-state index contributed by atoms with van der Waals surface area (Å²) in [6, 6.07) is 50.0. The van der Waals surface area contributed by atoms with E-state index >= 15 is 0 Å². The number of aromatic amines is 4. The van der Waals surface area contributed by atoms with Crippen LogP contribution in [0.5, 0.6) is 0 Å². The number of rotatable bonds is 4. The lowest BCUT2D eigenvalue weighted by Gasteiger charge is -2.12. The zero-order valence-corrected chi connectivity index (χ0v) is 31.2. The van der Waals surface area contributed by atoms with Crippen molar-refractivity contribution < 1.29 is 0 Å². The standard InChI is InChI=1S/C44H32N4S4/c49-37-13-5-1-9-25(37)41-29-17-19-31(45-29)42(26-10-2-6-14-38(26)50)33-21-23-35(47-33)44(28-12-4-8-16-40(28)52)36-24-22-34(48-36)43(32-20-18-30(41)46-32)27-11-3-7-15-39(27)51/h1-24,45-52H. The van der Waals surface area contributed by atoms with Gasteiger partial charge in [-0.3, -0.25) is 0 Å². The number of fused-ring (bicyclic) bond motifs is 8. The first kappa shape index (κ1) is 32.8. The van der Waals surface area contributed by atoms with Crippen LogP contribution in [0.2, 0.25) is 0 Å². The molecule has 8 aromatic rings. The van der Waals surface area contributed by atoms with Crippen molar-refractivity contribution in [2.45, 2.75) is 19.6 Å². The minimum absolute atomic E-state index is 0.879. The minimum atomic E-state index is 0.879. The Morgan fingerprint density at radius 2 is 0.481 bits per heavy atom.